The summed E-state index contributed by atoms with van der Waals surface area (Å²) >= 11 is 5.63. The van der Waals surface area contributed by atoms with Gasteiger partial charge in [0.2, 0.25) is 0 Å². The molecule has 0 aromatic heterocycles. The van der Waals surface area contributed by atoms with Crippen LogP contribution in [0.4, 0.5) is 19.3 Å². The minimum absolute atomic E-state index is 0.0219. The van der Waals surface area contributed by atoms with E-state index in [1.54, 1.807) is 0 Å². The summed E-state index contributed by atoms with van der Waals surface area (Å²) in [5.74, 6) is -3.90. The number of benzene rings is 1. The molecule has 3 N–H and O–H groups in total. The third-order valence-corrected chi connectivity index (χ3v) is 3.26. The van der Waals surface area contributed by atoms with E-state index < -0.39 is 35.6 Å². The number of ether oxygens (including phenoxy) is 1. The van der Waals surface area contributed by atoms with Crippen LogP contribution in [0.1, 0.15) is 0 Å². The Bertz CT molecular complexity index is 561. The van der Waals surface area contributed by atoms with Gasteiger partial charge in [-0.15, -0.1) is 0 Å². The molecule has 1 saturated heterocycles. The molecule has 1 aromatic rings. The van der Waals surface area contributed by atoms with Crippen molar-refractivity contribution in [3.8, 4) is 0 Å². The van der Waals surface area contributed by atoms with E-state index in [0.717, 1.165) is 6.07 Å². The number of rotatable bonds is 3. The van der Waals surface area contributed by atoms with Crippen LogP contribution in [0.25, 0.3) is 0 Å². The highest BCUT2D eigenvalue weighted by atomic mass is 35.5. The zero-order valence-electron chi connectivity index (χ0n) is 10.5. The van der Waals surface area contributed by atoms with Crippen molar-refractivity contribution in [2.75, 3.05) is 18.5 Å². The number of anilines is 1. The number of aliphatic carboxylic acids is 1. The molecule has 0 aliphatic carbocycles. The summed E-state index contributed by atoms with van der Waals surface area (Å²) in [5, 5.41) is 13.1. The van der Waals surface area contributed by atoms with E-state index in [4.69, 9.17) is 21.4 Å². The van der Waals surface area contributed by atoms with Gasteiger partial charge in [0, 0.05) is 6.07 Å². The van der Waals surface area contributed by atoms with Crippen LogP contribution in [0.5, 0.6) is 0 Å². The van der Waals surface area contributed by atoms with E-state index in [9.17, 15) is 18.4 Å². The van der Waals surface area contributed by atoms with Gasteiger partial charge in [-0.05, 0) is 6.07 Å². The highest BCUT2D eigenvalue weighted by Gasteiger charge is 2.35. The zero-order valence-corrected chi connectivity index (χ0v) is 11.3. The van der Waals surface area contributed by atoms with E-state index in [1.807, 2.05) is 0 Å². The van der Waals surface area contributed by atoms with Crippen molar-refractivity contribution in [2.45, 2.75) is 6.04 Å². The second-order valence-electron chi connectivity index (χ2n) is 4.43. The predicted molar refractivity (Wildman–Crippen MR) is 69.3 cm³/mol. The summed E-state index contributed by atoms with van der Waals surface area (Å²) in [7, 11) is 0. The molecule has 21 heavy (non-hydrogen) atoms. The average Bonchev–Trinajstić information content (AvgIpc) is 2.82. The van der Waals surface area contributed by atoms with Gasteiger partial charge in [-0.25, -0.2) is 13.6 Å². The largest absolute Gasteiger partial charge is 0.481 e. The van der Waals surface area contributed by atoms with Crippen molar-refractivity contribution in [1.82, 2.24) is 5.32 Å². The number of hydrogen-bond donors (Lipinski definition) is 3. The maximum Gasteiger partial charge on any atom is 0.319 e. The molecule has 0 spiro atoms. The van der Waals surface area contributed by atoms with Crippen molar-refractivity contribution in [3.05, 3.63) is 28.8 Å². The Kier molecular flexibility index (Phi) is 4.59. The molecule has 0 radical (unpaired) electrons. The Labute approximate surface area is 123 Å². The lowest BCUT2D eigenvalue weighted by Crippen LogP contribution is -2.44. The maximum absolute atomic E-state index is 13.5. The van der Waals surface area contributed by atoms with E-state index in [-0.39, 0.29) is 23.9 Å². The topological polar surface area (TPSA) is 87.7 Å². The third-order valence-electron chi connectivity index (χ3n) is 2.96. The lowest BCUT2D eigenvalue weighted by molar-refractivity contribution is -0.142. The van der Waals surface area contributed by atoms with Gasteiger partial charge in [0.1, 0.15) is 11.7 Å². The van der Waals surface area contributed by atoms with E-state index in [2.05, 4.69) is 10.6 Å². The van der Waals surface area contributed by atoms with Gasteiger partial charge >= 0.3 is 12.0 Å². The van der Waals surface area contributed by atoms with Crippen LogP contribution < -0.4 is 10.6 Å². The molecule has 1 heterocycles. The number of carbonyl (C=O) groups is 2. The lowest BCUT2D eigenvalue weighted by Gasteiger charge is -2.16. The summed E-state index contributed by atoms with van der Waals surface area (Å²) in [6, 6.07) is -0.187. The number of carboxylic acid groups (broad SMARTS) is 1. The second kappa shape index (κ2) is 6.23. The molecule has 114 valence electrons. The molecule has 2 rings (SSSR count). The normalized spacial score (nSPS) is 21.1. The molecular formula is C12H11ClF2N2O4. The smallest absolute Gasteiger partial charge is 0.319 e. The Morgan fingerprint density at radius 2 is 2.05 bits per heavy atom. The van der Waals surface area contributed by atoms with E-state index in [0.29, 0.717) is 6.07 Å². The minimum atomic E-state index is -1.11. The summed E-state index contributed by atoms with van der Waals surface area (Å²) in [4.78, 5) is 22.7. The van der Waals surface area contributed by atoms with Crippen molar-refractivity contribution >= 4 is 29.3 Å². The summed E-state index contributed by atoms with van der Waals surface area (Å²) in [6.07, 6.45) is 0. The van der Waals surface area contributed by atoms with Gasteiger partial charge in [0.25, 0.3) is 0 Å². The first kappa shape index (κ1) is 15.5. The van der Waals surface area contributed by atoms with Crippen LogP contribution in [0.3, 0.4) is 0 Å². The van der Waals surface area contributed by atoms with Crippen molar-refractivity contribution in [2.24, 2.45) is 5.92 Å². The van der Waals surface area contributed by atoms with E-state index >= 15 is 0 Å². The monoisotopic (exact) mass is 320 g/mol. The number of nitrogens with one attached hydrogen (secondary N) is 2. The molecule has 0 saturated carbocycles. The molecule has 0 bridgehead atoms. The van der Waals surface area contributed by atoms with Crippen LogP contribution in [0.2, 0.25) is 5.02 Å². The van der Waals surface area contributed by atoms with E-state index in [1.165, 1.54) is 0 Å². The first-order valence-electron chi connectivity index (χ1n) is 5.91. The Morgan fingerprint density at radius 3 is 2.67 bits per heavy atom. The molecule has 1 aromatic carbocycles. The number of hydrogen-bond acceptors (Lipinski definition) is 3. The van der Waals surface area contributed by atoms with Crippen molar-refractivity contribution in [1.29, 1.82) is 0 Å². The summed E-state index contributed by atoms with van der Waals surface area (Å²) in [5.41, 5.74) is -0.388. The number of halogens is 3. The molecular weight excluding hydrogens is 310 g/mol. The second-order valence-corrected chi connectivity index (χ2v) is 4.84. The fraction of sp³-hybridized carbons (Fsp3) is 0.333. The Hall–Kier alpha value is -1.93. The molecule has 9 heteroatoms. The van der Waals surface area contributed by atoms with Crippen LogP contribution in [0.15, 0.2) is 12.1 Å². The molecule has 1 aliphatic heterocycles. The SMILES string of the molecule is O=C(Nc1c(F)cc(F)cc1Cl)NC1COCC1C(=O)O. The Balaban J connectivity index is 2.04. The molecule has 2 unspecified atom stereocenters. The first-order chi connectivity index (χ1) is 9.88. The summed E-state index contributed by atoms with van der Waals surface area (Å²) < 4.78 is 31.4. The minimum Gasteiger partial charge on any atom is -0.481 e. The number of carboxylic acids is 1. The highest BCUT2D eigenvalue weighted by Crippen LogP contribution is 2.26. The van der Waals surface area contributed by atoms with Crippen LogP contribution in [-0.2, 0) is 9.53 Å². The fourth-order valence-electron chi connectivity index (χ4n) is 1.92. The quantitative estimate of drug-likeness (QED) is 0.793. The number of carbonyl (C=O) groups excluding carboxylic acids is 1. The Morgan fingerprint density at radius 1 is 1.33 bits per heavy atom. The number of urea groups is 1. The predicted octanol–water partition coefficient (Wildman–Crippen LogP) is 1.84. The molecule has 1 aliphatic rings. The molecule has 2 amide bonds. The maximum atomic E-state index is 13.5. The molecule has 6 nitrogen and oxygen atoms in total. The van der Waals surface area contributed by atoms with Gasteiger partial charge in [0.15, 0.2) is 5.82 Å². The van der Waals surface area contributed by atoms with Gasteiger partial charge in [-0.2, -0.15) is 0 Å². The lowest BCUT2D eigenvalue weighted by atomic mass is 10.0. The zero-order chi connectivity index (χ0) is 15.6. The van der Waals surface area contributed by atoms with Crippen molar-refractivity contribution < 1.29 is 28.2 Å². The molecule has 2 atom stereocenters. The van der Waals surface area contributed by atoms with Gasteiger partial charge < -0.3 is 20.5 Å². The molecule has 1 fully saturated rings. The van der Waals surface area contributed by atoms with Crippen LogP contribution >= 0.6 is 11.6 Å². The average molecular weight is 321 g/mol. The van der Waals surface area contributed by atoms with Gasteiger partial charge in [0.05, 0.1) is 30.0 Å². The number of amides is 2. The van der Waals surface area contributed by atoms with Crippen LogP contribution in [0, 0.1) is 17.6 Å². The van der Waals surface area contributed by atoms with Crippen molar-refractivity contribution in [3.63, 3.8) is 0 Å². The summed E-state index contributed by atoms with van der Waals surface area (Å²) in [6.45, 7) is 0.00989. The standard InChI is InChI=1S/C12H11ClF2N2O4/c13-7-1-5(14)2-8(15)10(7)17-12(20)16-9-4-21-3-6(9)11(18)19/h1-2,6,9H,3-4H2,(H,18,19)(H2,16,17,20). The highest BCUT2D eigenvalue weighted by molar-refractivity contribution is 6.33. The van der Waals surface area contributed by atoms with Crippen LogP contribution in [-0.4, -0.2) is 36.4 Å². The first-order valence-corrected chi connectivity index (χ1v) is 6.29. The third kappa shape index (κ3) is 3.59. The fourth-order valence-corrected chi connectivity index (χ4v) is 2.16. The van der Waals surface area contributed by atoms with Gasteiger partial charge in [-0.1, -0.05) is 11.6 Å². The van der Waals surface area contributed by atoms with Gasteiger partial charge in [-0.3, -0.25) is 4.79 Å².